The summed E-state index contributed by atoms with van der Waals surface area (Å²) in [6.07, 6.45) is 0. The largest absolute Gasteiger partial charge is 0.322 e. The monoisotopic (exact) mass is 421 g/mol. The van der Waals surface area contributed by atoms with Gasteiger partial charge in [0, 0.05) is 37.4 Å². The van der Waals surface area contributed by atoms with Gasteiger partial charge in [0.2, 0.25) is 10.0 Å². The van der Waals surface area contributed by atoms with Gasteiger partial charge in [0.25, 0.3) is 5.91 Å². The number of halogens is 1. The number of carbonyl (C=O) groups excluding carboxylic acids is 1. The van der Waals surface area contributed by atoms with Crippen LogP contribution in [0.15, 0.2) is 41.3 Å². The van der Waals surface area contributed by atoms with Gasteiger partial charge in [-0.05, 0) is 56.3 Å². The van der Waals surface area contributed by atoms with Crippen molar-refractivity contribution in [3.63, 3.8) is 0 Å². The Kier molecular flexibility index (Phi) is 6.09. The second-order valence-corrected chi connectivity index (χ2v) is 9.37. The van der Waals surface area contributed by atoms with Gasteiger partial charge in [-0.25, -0.2) is 8.42 Å². The third-order valence-electron chi connectivity index (χ3n) is 5.13. The predicted octanol–water partition coefficient (Wildman–Crippen LogP) is 3.15. The van der Waals surface area contributed by atoms with E-state index in [1.165, 1.54) is 22.5 Å². The molecule has 0 radical (unpaired) electrons. The minimum atomic E-state index is -3.77. The van der Waals surface area contributed by atoms with Crippen molar-refractivity contribution in [3.8, 4) is 0 Å². The molecule has 0 spiro atoms. The van der Waals surface area contributed by atoms with Crippen molar-refractivity contribution in [2.75, 3.05) is 38.5 Å². The fourth-order valence-corrected chi connectivity index (χ4v) is 5.01. The molecule has 0 aromatic heterocycles. The van der Waals surface area contributed by atoms with Gasteiger partial charge >= 0.3 is 0 Å². The highest BCUT2D eigenvalue weighted by molar-refractivity contribution is 7.89. The van der Waals surface area contributed by atoms with Crippen LogP contribution in [0.4, 0.5) is 5.69 Å². The Bertz CT molecular complexity index is 1000. The van der Waals surface area contributed by atoms with E-state index in [1.54, 1.807) is 0 Å². The topological polar surface area (TPSA) is 69.7 Å². The summed E-state index contributed by atoms with van der Waals surface area (Å²) < 4.78 is 27.5. The van der Waals surface area contributed by atoms with Gasteiger partial charge < -0.3 is 10.2 Å². The van der Waals surface area contributed by atoms with Gasteiger partial charge in [0.15, 0.2) is 0 Å². The first-order chi connectivity index (χ1) is 13.2. The van der Waals surface area contributed by atoms with Gasteiger partial charge in [-0.2, -0.15) is 4.31 Å². The molecule has 1 aliphatic heterocycles. The average Bonchev–Trinajstić information content (AvgIpc) is 2.66. The van der Waals surface area contributed by atoms with Crippen LogP contribution in [0.5, 0.6) is 0 Å². The molecule has 0 unspecified atom stereocenters. The maximum Gasteiger partial charge on any atom is 0.255 e. The number of hydrogen-bond acceptors (Lipinski definition) is 4. The molecular weight excluding hydrogens is 398 g/mol. The van der Waals surface area contributed by atoms with Gasteiger partial charge in [-0.3, -0.25) is 4.79 Å². The summed E-state index contributed by atoms with van der Waals surface area (Å²) in [5, 5.41) is 2.97. The van der Waals surface area contributed by atoms with Crippen molar-refractivity contribution >= 4 is 33.2 Å². The van der Waals surface area contributed by atoms with E-state index >= 15 is 0 Å². The summed E-state index contributed by atoms with van der Waals surface area (Å²) in [7, 11) is -1.81. The quantitative estimate of drug-likeness (QED) is 0.823. The van der Waals surface area contributed by atoms with Crippen LogP contribution in [0.1, 0.15) is 21.5 Å². The lowest BCUT2D eigenvalue weighted by atomic mass is 10.1. The Morgan fingerprint density at radius 2 is 1.75 bits per heavy atom. The lowest BCUT2D eigenvalue weighted by molar-refractivity contribution is 0.102. The molecule has 6 nitrogen and oxygen atoms in total. The summed E-state index contributed by atoms with van der Waals surface area (Å²) >= 11 is 6.19. The first-order valence-corrected chi connectivity index (χ1v) is 10.9. The Hall–Kier alpha value is -1.93. The molecule has 1 N–H and O–H groups in total. The van der Waals surface area contributed by atoms with Crippen molar-refractivity contribution in [1.29, 1.82) is 0 Å². The second-order valence-electron chi connectivity index (χ2n) is 7.05. The number of rotatable bonds is 4. The molecule has 1 amide bonds. The van der Waals surface area contributed by atoms with Crippen LogP contribution in [-0.2, 0) is 10.0 Å². The maximum atomic E-state index is 13.0. The summed E-state index contributed by atoms with van der Waals surface area (Å²) in [5.41, 5.74) is 2.98. The van der Waals surface area contributed by atoms with Crippen molar-refractivity contribution in [2.24, 2.45) is 0 Å². The van der Waals surface area contributed by atoms with Crippen LogP contribution < -0.4 is 5.32 Å². The third kappa shape index (κ3) is 4.22. The van der Waals surface area contributed by atoms with E-state index in [0.717, 1.165) is 11.1 Å². The normalized spacial score (nSPS) is 16.1. The molecule has 0 saturated carbocycles. The van der Waals surface area contributed by atoms with E-state index < -0.39 is 10.0 Å². The number of likely N-dealkylation sites (N-methyl/N-ethyl adjacent to an activating group) is 1. The standard InChI is InChI=1S/C20H24ClN3O3S/c1-14-5-4-6-18(15(14)2)22-20(25)16-7-8-17(21)19(13-16)28(26,27)24-11-9-23(3)10-12-24/h4-8,13H,9-12H2,1-3H3,(H,22,25). The molecule has 1 heterocycles. The Morgan fingerprint density at radius 3 is 2.43 bits per heavy atom. The van der Waals surface area contributed by atoms with Crippen LogP contribution in [0.2, 0.25) is 5.02 Å². The molecule has 0 bridgehead atoms. The summed E-state index contributed by atoms with van der Waals surface area (Å²) in [6.45, 7) is 6.00. The molecular formula is C20H24ClN3O3S. The first kappa shape index (κ1) is 20.8. The van der Waals surface area contributed by atoms with E-state index in [9.17, 15) is 13.2 Å². The molecule has 1 fully saturated rings. The molecule has 2 aromatic carbocycles. The molecule has 150 valence electrons. The van der Waals surface area contributed by atoms with Crippen LogP contribution in [0.25, 0.3) is 0 Å². The number of sulfonamides is 1. The number of amides is 1. The fourth-order valence-electron chi connectivity index (χ4n) is 3.09. The number of nitrogens with one attached hydrogen (secondary N) is 1. The SMILES string of the molecule is Cc1cccc(NC(=O)c2ccc(Cl)c(S(=O)(=O)N3CCN(C)CC3)c2)c1C. The zero-order valence-corrected chi connectivity index (χ0v) is 17.8. The lowest BCUT2D eigenvalue weighted by Crippen LogP contribution is -2.47. The highest BCUT2D eigenvalue weighted by Gasteiger charge is 2.30. The van der Waals surface area contributed by atoms with Crippen LogP contribution in [-0.4, -0.2) is 56.8 Å². The van der Waals surface area contributed by atoms with Crippen LogP contribution in [0.3, 0.4) is 0 Å². The van der Waals surface area contributed by atoms with E-state index in [1.807, 2.05) is 39.1 Å². The second kappa shape index (κ2) is 8.21. The maximum absolute atomic E-state index is 13.0. The summed E-state index contributed by atoms with van der Waals surface area (Å²) in [5.74, 6) is -0.375. The summed E-state index contributed by atoms with van der Waals surface area (Å²) in [6, 6.07) is 10.00. The Balaban J connectivity index is 1.88. The van der Waals surface area contributed by atoms with Gasteiger partial charge in [-0.15, -0.1) is 0 Å². The highest BCUT2D eigenvalue weighted by atomic mass is 35.5. The zero-order valence-electron chi connectivity index (χ0n) is 16.2. The molecule has 1 aliphatic rings. The van der Waals surface area contributed by atoms with Crippen molar-refractivity contribution in [1.82, 2.24) is 9.21 Å². The minimum Gasteiger partial charge on any atom is -0.322 e. The van der Waals surface area contributed by atoms with E-state index in [4.69, 9.17) is 11.6 Å². The average molecular weight is 422 g/mol. The van der Waals surface area contributed by atoms with Gasteiger partial charge in [0.05, 0.1) is 5.02 Å². The smallest absolute Gasteiger partial charge is 0.255 e. The lowest BCUT2D eigenvalue weighted by Gasteiger charge is -2.31. The predicted molar refractivity (Wildman–Crippen MR) is 112 cm³/mol. The minimum absolute atomic E-state index is 0.0349. The molecule has 1 saturated heterocycles. The molecule has 3 rings (SSSR count). The third-order valence-corrected chi connectivity index (χ3v) is 7.51. The zero-order chi connectivity index (χ0) is 20.5. The molecule has 28 heavy (non-hydrogen) atoms. The van der Waals surface area contributed by atoms with Gasteiger partial charge in [-0.1, -0.05) is 23.7 Å². The summed E-state index contributed by atoms with van der Waals surface area (Å²) in [4.78, 5) is 14.8. The number of nitrogens with zero attached hydrogens (tertiary/aromatic N) is 2. The van der Waals surface area contributed by atoms with E-state index in [2.05, 4.69) is 10.2 Å². The Labute approximate surface area is 171 Å². The molecule has 2 aromatic rings. The van der Waals surface area contributed by atoms with Gasteiger partial charge in [0.1, 0.15) is 4.90 Å². The van der Waals surface area contributed by atoms with Crippen molar-refractivity contribution < 1.29 is 13.2 Å². The van der Waals surface area contributed by atoms with E-state index in [-0.39, 0.29) is 21.4 Å². The Morgan fingerprint density at radius 1 is 1.07 bits per heavy atom. The van der Waals surface area contributed by atoms with Crippen LogP contribution in [0, 0.1) is 13.8 Å². The molecule has 0 atom stereocenters. The number of carbonyl (C=O) groups is 1. The van der Waals surface area contributed by atoms with E-state index in [0.29, 0.717) is 31.9 Å². The number of benzene rings is 2. The van der Waals surface area contributed by atoms with Crippen LogP contribution >= 0.6 is 11.6 Å². The molecule has 8 heteroatoms. The number of anilines is 1. The fraction of sp³-hybridized carbons (Fsp3) is 0.350. The number of piperazine rings is 1. The number of aryl methyl sites for hydroxylation is 1. The highest BCUT2D eigenvalue weighted by Crippen LogP contribution is 2.27. The van der Waals surface area contributed by atoms with Crippen molar-refractivity contribution in [3.05, 3.63) is 58.1 Å². The van der Waals surface area contributed by atoms with Crippen molar-refractivity contribution in [2.45, 2.75) is 18.7 Å². The number of hydrogen-bond donors (Lipinski definition) is 1. The first-order valence-electron chi connectivity index (χ1n) is 9.06. The molecule has 0 aliphatic carbocycles.